The van der Waals surface area contributed by atoms with Crippen molar-refractivity contribution < 1.29 is 9.00 Å². The molecule has 2 aromatic rings. The minimum atomic E-state index is -0.903. The van der Waals surface area contributed by atoms with Crippen molar-refractivity contribution in [1.29, 1.82) is 0 Å². The van der Waals surface area contributed by atoms with Gasteiger partial charge in [-0.2, -0.15) is 0 Å². The van der Waals surface area contributed by atoms with E-state index in [1.54, 1.807) is 24.1 Å². The number of aryl methyl sites for hydroxylation is 1. The molecule has 23 heavy (non-hydrogen) atoms. The summed E-state index contributed by atoms with van der Waals surface area (Å²) < 4.78 is 11.3. The highest BCUT2D eigenvalue weighted by molar-refractivity contribution is 7.99. The molecule has 1 amide bonds. The number of carbonyl (C=O) groups is 1. The highest BCUT2D eigenvalue weighted by Gasteiger charge is 2.06. The second-order valence-corrected chi connectivity index (χ2v) is 7.94. The van der Waals surface area contributed by atoms with Crippen molar-refractivity contribution in [2.75, 3.05) is 18.6 Å². The van der Waals surface area contributed by atoms with Crippen LogP contribution >= 0.6 is 11.8 Å². The fraction of sp³-hybridized carbons (Fsp3) is 0.278. The molecule has 5 heteroatoms. The van der Waals surface area contributed by atoms with Crippen LogP contribution < -0.4 is 5.32 Å². The first-order chi connectivity index (χ1) is 11.0. The first kappa shape index (κ1) is 17.8. The van der Waals surface area contributed by atoms with Gasteiger partial charge >= 0.3 is 0 Å². The lowest BCUT2D eigenvalue weighted by molar-refractivity contribution is 0.0956. The Morgan fingerprint density at radius 3 is 2.61 bits per heavy atom. The zero-order valence-electron chi connectivity index (χ0n) is 13.4. The number of thioether (sulfide) groups is 1. The maximum absolute atomic E-state index is 12.1. The Hall–Kier alpha value is -1.59. The molecule has 2 aromatic carbocycles. The van der Waals surface area contributed by atoms with Crippen molar-refractivity contribution >= 4 is 28.5 Å². The van der Waals surface area contributed by atoms with Crippen LogP contribution in [0.5, 0.6) is 0 Å². The molecule has 2 rings (SSSR count). The van der Waals surface area contributed by atoms with Gasteiger partial charge in [-0.25, -0.2) is 0 Å². The summed E-state index contributed by atoms with van der Waals surface area (Å²) in [5.41, 5.74) is 2.79. The predicted octanol–water partition coefficient (Wildman–Crippen LogP) is 3.40. The van der Waals surface area contributed by atoms with Crippen molar-refractivity contribution in [1.82, 2.24) is 5.32 Å². The van der Waals surface area contributed by atoms with E-state index in [1.165, 1.54) is 10.5 Å². The van der Waals surface area contributed by atoms with Crippen LogP contribution in [0.25, 0.3) is 0 Å². The van der Waals surface area contributed by atoms with E-state index >= 15 is 0 Å². The van der Waals surface area contributed by atoms with E-state index in [2.05, 4.69) is 36.5 Å². The molecule has 0 heterocycles. The van der Waals surface area contributed by atoms with Gasteiger partial charge in [0, 0.05) is 45.6 Å². The summed E-state index contributed by atoms with van der Waals surface area (Å²) in [6.45, 7) is 2.68. The Morgan fingerprint density at radius 2 is 1.91 bits per heavy atom. The van der Waals surface area contributed by atoms with Crippen LogP contribution in [0.2, 0.25) is 0 Å². The number of hydrogen-bond acceptors (Lipinski definition) is 3. The highest BCUT2D eigenvalue weighted by atomic mass is 32.2. The van der Waals surface area contributed by atoms with Gasteiger partial charge in [-0.1, -0.05) is 29.8 Å². The van der Waals surface area contributed by atoms with Crippen molar-refractivity contribution in [2.24, 2.45) is 0 Å². The van der Waals surface area contributed by atoms with Gasteiger partial charge in [0.15, 0.2) is 0 Å². The molecule has 0 saturated carbocycles. The SMILES string of the molecule is Cc1ccc(SCCNC(=O)c2cccc(CS(C)=O)c2)cc1. The average molecular weight is 348 g/mol. The molecule has 1 unspecified atom stereocenters. The lowest BCUT2D eigenvalue weighted by Crippen LogP contribution is -2.25. The molecule has 1 atom stereocenters. The van der Waals surface area contributed by atoms with Gasteiger partial charge in [0.05, 0.1) is 0 Å². The number of hydrogen-bond donors (Lipinski definition) is 1. The Balaban J connectivity index is 1.80. The van der Waals surface area contributed by atoms with Crippen LogP contribution in [-0.4, -0.2) is 28.7 Å². The molecule has 3 nitrogen and oxygen atoms in total. The lowest BCUT2D eigenvalue weighted by atomic mass is 10.1. The quantitative estimate of drug-likeness (QED) is 0.617. The number of amides is 1. The van der Waals surface area contributed by atoms with E-state index in [9.17, 15) is 9.00 Å². The van der Waals surface area contributed by atoms with Crippen LogP contribution in [0.3, 0.4) is 0 Å². The Morgan fingerprint density at radius 1 is 1.17 bits per heavy atom. The summed E-state index contributed by atoms with van der Waals surface area (Å²) in [4.78, 5) is 13.3. The van der Waals surface area contributed by atoms with Crippen LogP contribution in [0, 0.1) is 6.92 Å². The van der Waals surface area contributed by atoms with Crippen molar-refractivity contribution in [2.45, 2.75) is 17.6 Å². The molecule has 0 fully saturated rings. The summed E-state index contributed by atoms with van der Waals surface area (Å²) in [5.74, 6) is 1.22. The molecule has 0 bridgehead atoms. The Labute approximate surface area is 144 Å². The maximum Gasteiger partial charge on any atom is 0.251 e. The summed E-state index contributed by atoms with van der Waals surface area (Å²) >= 11 is 1.72. The summed E-state index contributed by atoms with van der Waals surface area (Å²) in [6.07, 6.45) is 1.66. The normalized spacial score (nSPS) is 11.9. The van der Waals surface area contributed by atoms with E-state index in [0.29, 0.717) is 17.9 Å². The second-order valence-electron chi connectivity index (χ2n) is 5.34. The topological polar surface area (TPSA) is 46.2 Å². The van der Waals surface area contributed by atoms with Gasteiger partial charge < -0.3 is 5.32 Å². The second kappa shape index (κ2) is 8.89. The van der Waals surface area contributed by atoms with E-state index in [0.717, 1.165) is 11.3 Å². The third-order valence-electron chi connectivity index (χ3n) is 3.24. The minimum absolute atomic E-state index is 0.0850. The van der Waals surface area contributed by atoms with E-state index in [-0.39, 0.29) is 5.91 Å². The number of carbonyl (C=O) groups excluding carboxylic acids is 1. The van der Waals surface area contributed by atoms with Gasteiger partial charge in [-0.3, -0.25) is 9.00 Å². The van der Waals surface area contributed by atoms with E-state index in [4.69, 9.17) is 0 Å². The molecular weight excluding hydrogens is 326 g/mol. The van der Waals surface area contributed by atoms with Gasteiger partial charge in [-0.15, -0.1) is 11.8 Å². The predicted molar refractivity (Wildman–Crippen MR) is 98.4 cm³/mol. The highest BCUT2D eigenvalue weighted by Crippen LogP contribution is 2.17. The summed E-state index contributed by atoms with van der Waals surface area (Å²) in [7, 11) is -0.903. The molecule has 122 valence electrons. The smallest absolute Gasteiger partial charge is 0.251 e. The fourth-order valence-corrected chi connectivity index (χ4v) is 3.52. The van der Waals surface area contributed by atoms with Crippen LogP contribution in [0.1, 0.15) is 21.5 Å². The van der Waals surface area contributed by atoms with Crippen molar-refractivity contribution in [3.63, 3.8) is 0 Å². The van der Waals surface area contributed by atoms with E-state index < -0.39 is 10.8 Å². The molecule has 0 aliphatic heterocycles. The largest absolute Gasteiger partial charge is 0.351 e. The molecule has 0 radical (unpaired) electrons. The van der Waals surface area contributed by atoms with Gasteiger partial charge in [0.25, 0.3) is 5.91 Å². The first-order valence-electron chi connectivity index (χ1n) is 7.41. The third-order valence-corrected chi connectivity index (χ3v) is 4.99. The first-order valence-corrected chi connectivity index (χ1v) is 10.1. The Bertz CT molecular complexity index is 684. The zero-order valence-corrected chi connectivity index (χ0v) is 15.0. The van der Waals surface area contributed by atoms with Crippen LogP contribution in [0.15, 0.2) is 53.4 Å². The Kier molecular flexibility index (Phi) is 6.86. The monoisotopic (exact) mass is 347 g/mol. The standard InChI is InChI=1S/C18H21NO2S2/c1-14-6-8-17(9-7-14)22-11-10-19-18(20)16-5-3-4-15(12-16)13-23(2)21/h3-9,12H,10-11,13H2,1-2H3,(H,19,20). The van der Waals surface area contributed by atoms with Crippen LogP contribution in [0.4, 0.5) is 0 Å². The number of rotatable bonds is 7. The molecule has 0 spiro atoms. The van der Waals surface area contributed by atoms with Gasteiger partial charge in [-0.05, 0) is 36.8 Å². The zero-order chi connectivity index (χ0) is 16.7. The van der Waals surface area contributed by atoms with E-state index in [1.807, 2.05) is 18.2 Å². The third kappa shape index (κ3) is 6.20. The average Bonchev–Trinajstić information content (AvgIpc) is 2.52. The lowest BCUT2D eigenvalue weighted by Gasteiger charge is -2.07. The molecular formula is C18H21NO2S2. The van der Waals surface area contributed by atoms with Crippen molar-refractivity contribution in [3.05, 3.63) is 65.2 Å². The van der Waals surface area contributed by atoms with Crippen LogP contribution in [-0.2, 0) is 16.6 Å². The molecule has 0 aromatic heterocycles. The fourth-order valence-electron chi connectivity index (χ4n) is 2.11. The summed E-state index contributed by atoms with van der Waals surface area (Å²) in [5, 5.41) is 2.93. The molecule has 0 aliphatic rings. The molecule has 0 aliphatic carbocycles. The maximum atomic E-state index is 12.1. The molecule has 1 N–H and O–H groups in total. The number of nitrogens with one attached hydrogen (secondary N) is 1. The molecule has 0 saturated heterocycles. The minimum Gasteiger partial charge on any atom is -0.351 e. The van der Waals surface area contributed by atoms with Crippen molar-refractivity contribution in [3.8, 4) is 0 Å². The summed E-state index contributed by atoms with van der Waals surface area (Å²) in [6, 6.07) is 15.7. The van der Waals surface area contributed by atoms with Gasteiger partial charge in [0.1, 0.15) is 0 Å². The van der Waals surface area contributed by atoms with Gasteiger partial charge in [0.2, 0.25) is 0 Å². The number of benzene rings is 2.